The van der Waals surface area contributed by atoms with Gasteiger partial charge in [-0.3, -0.25) is 4.79 Å². The van der Waals surface area contributed by atoms with E-state index < -0.39 is 10.0 Å². The minimum Gasteiger partial charge on any atom is -0.368 e. The van der Waals surface area contributed by atoms with Crippen molar-refractivity contribution in [3.05, 3.63) is 29.8 Å². The van der Waals surface area contributed by atoms with Gasteiger partial charge in [0.1, 0.15) is 6.10 Å². The Morgan fingerprint density at radius 1 is 1.26 bits per heavy atom. The summed E-state index contributed by atoms with van der Waals surface area (Å²) in [5, 5.41) is 2.82. The molecule has 1 aromatic carbocycles. The highest BCUT2D eigenvalue weighted by Gasteiger charge is 2.23. The fraction of sp³-hybridized carbons (Fsp3) is 0.562. The van der Waals surface area contributed by atoms with Crippen LogP contribution in [-0.2, 0) is 26.1 Å². The second-order valence-corrected chi connectivity index (χ2v) is 7.39. The molecule has 1 amide bonds. The van der Waals surface area contributed by atoms with Crippen LogP contribution in [0.2, 0.25) is 0 Å². The van der Waals surface area contributed by atoms with E-state index in [1.54, 1.807) is 24.3 Å². The van der Waals surface area contributed by atoms with Crippen molar-refractivity contribution in [3.8, 4) is 0 Å². The first kappa shape index (κ1) is 17.9. The molecule has 1 atom stereocenters. The zero-order valence-electron chi connectivity index (χ0n) is 13.6. The maximum absolute atomic E-state index is 12.4. The van der Waals surface area contributed by atoms with Gasteiger partial charge < -0.3 is 10.1 Å². The average Bonchev–Trinajstić information content (AvgIpc) is 3.08. The molecule has 1 N–H and O–H groups in total. The Hall–Kier alpha value is -1.44. The van der Waals surface area contributed by atoms with E-state index in [1.807, 2.05) is 13.8 Å². The SMILES string of the molecule is CCN(CC)S(=O)(=O)c1ccc(CNC(=O)[C@@H]2CCCO2)cc1. The van der Waals surface area contributed by atoms with Gasteiger partial charge in [0.05, 0.1) is 4.90 Å². The molecule has 1 aliphatic heterocycles. The Kier molecular flexibility index (Phi) is 6.15. The number of sulfonamides is 1. The van der Waals surface area contributed by atoms with E-state index >= 15 is 0 Å². The van der Waals surface area contributed by atoms with E-state index in [9.17, 15) is 13.2 Å². The fourth-order valence-electron chi connectivity index (χ4n) is 2.58. The average molecular weight is 340 g/mol. The smallest absolute Gasteiger partial charge is 0.249 e. The summed E-state index contributed by atoms with van der Waals surface area (Å²) >= 11 is 0. The van der Waals surface area contributed by atoms with Gasteiger partial charge in [0.25, 0.3) is 0 Å². The largest absolute Gasteiger partial charge is 0.368 e. The molecular formula is C16H24N2O4S. The predicted octanol–water partition coefficient (Wildman–Crippen LogP) is 1.51. The van der Waals surface area contributed by atoms with Gasteiger partial charge in [-0.2, -0.15) is 4.31 Å². The number of ether oxygens (including phenoxy) is 1. The highest BCUT2D eigenvalue weighted by atomic mass is 32.2. The van der Waals surface area contributed by atoms with Crippen LogP contribution in [0, 0.1) is 0 Å². The Bertz CT molecular complexity index is 618. The molecule has 0 radical (unpaired) electrons. The van der Waals surface area contributed by atoms with Crippen LogP contribution in [-0.4, -0.2) is 44.4 Å². The summed E-state index contributed by atoms with van der Waals surface area (Å²) in [6.45, 7) is 5.52. The topological polar surface area (TPSA) is 75.7 Å². The standard InChI is InChI=1S/C16H24N2O4S/c1-3-18(4-2)23(20,21)14-9-7-13(8-10-14)12-17-16(19)15-6-5-11-22-15/h7-10,15H,3-6,11-12H2,1-2H3,(H,17,19)/t15-/m0/s1. The van der Waals surface area contributed by atoms with Gasteiger partial charge in [-0.25, -0.2) is 8.42 Å². The molecule has 0 spiro atoms. The number of hydrogen-bond donors (Lipinski definition) is 1. The normalized spacial score (nSPS) is 18.3. The van der Waals surface area contributed by atoms with E-state index in [0.717, 1.165) is 18.4 Å². The van der Waals surface area contributed by atoms with Crippen LogP contribution >= 0.6 is 0 Å². The molecule has 0 saturated carbocycles. The lowest BCUT2D eigenvalue weighted by Gasteiger charge is -2.18. The van der Waals surface area contributed by atoms with Crippen LogP contribution in [0.15, 0.2) is 29.2 Å². The Labute approximate surface area is 137 Å². The molecule has 0 aromatic heterocycles. The molecule has 0 bridgehead atoms. The van der Waals surface area contributed by atoms with Crippen LogP contribution in [0.3, 0.4) is 0 Å². The van der Waals surface area contributed by atoms with Gasteiger partial charge in [0.2, 0.25) is 15.9 Å². The lowest BCUT2D eigenvalue weighted by Crippen LogP contribution is -2.33. The van der Waals surface area contributed by atoms with Crippen molar-refractivity contribution >= 4 is 15.9 Å². The molecule has 0 unspecified atom stereocenters. The van der Waals surface area contributed by atoms with Crippen LogP contribution in [0.1, 0.15) is 32.3 Å². The minimum absolute atomic E-state index is 0.109. The van der Waals surface area contributed by atoms with Crippen molar-refractivity contribution in [2.45, 2.75) is 44.2 Å². The summed E-state index contributed by atoms with van der Waals surface area (Å²) < 4.78 is 31.5. The van der Waals surface area contributed by atoms with Crippen molar-refractivity contribution in [1.82, 2.24) is 9.62 Å². The summed E-state index contributed by atoms with van der Waals surface area (Å²) in [5.74, 6) is -0.109. The van der Waals surface area contributed by atoms with Crippen molar-refractivity contribution in [1.29, 1.82) is 0 Å². The molecule has 1 aliphatic rings. The molecule has 7 heteroatoms. The lowest BCUT2D eigenvalue weighted by molar-refractivity contribution is -0.130. The summed E-state index contributed by atoms with van der Waals surface area (Å²) in [6.07, 6.45) is 1.32. The van der Waals surface area contributed by atoms with E-state index in [-0.39, 0.29) is 16.9 Å². The minimum atomic E-state index is -3.44. The van der Waals surface area contributed by atoms with Crippen LogP contribution in [0.25, 0.3) is 0 Å². The molecule has 6 nitrogen and oxygen atoms in total. The first-order valence-electron chi connectivity index (χ1n) is 7.97. The van der Waals surface area contributed by atoms with Gasteiger partial charge in [-0.1, -0.05) is 26.0 Å². The zero-order valence-corrected chi connectivity index (χ0v) is 14.4. The number of amides is 1. The number of carbonyl (C=O) groups excluding carboxylic acids is 1. The molecule has 128 valence electrons. The first-order chi connectivity index (χ1) is 11.0. The Morgan fingerprint density at radius 3 is 2.43 bits per heavy atom. The Balaban J connectivity index is 1.98. The van der Waals surface area contributed by atoms with Gasteiger partial charge >= 0.3 is 0 Å². The molecule has 2 rings (SSSR count). The number of nitrogens with zero attached hydrogens (tertiary/aromatic N) is 1. The van der Waals surface area contributed by atoms with Crippen molar-refractivity contribution in [3.63, 3.8) is 0 Å². The van der Waals surface area contributed by atoms with Crippen molar-refractivity contribution < 1.29 is 17.9 Å². The third-order valence-electron chi connectivity index (χ3n) is 3.96. The van der Waals surface area contributed by atoms with Crippen molar-refractivity contribution in [2.24, 2.45) is 0 Å². The predicted molar refractivity (Wildman–Crippen MR) is 87.4 cm³/mol. The van der Waals surface area contributed by atoms with Gasteiger partial charge in [-0.05, 0) is 30.5 Å². The fourth-order valence-corrected chi connectivity index (χ4v) is 4.04. The third-order valence-corrected chi connectivity index (χ3v) is 6.02. The van der Waals surface area contributed by atoms with Gasteiger partial charge in [-0.15, -0.1) is 0 Å². The van der Waals surface area contributed by atoms with E-state index in [2.05, 4.69) is 5.32 Å². The highest BCUT2D eigenvalue weighted by Crippen LogP contribution is 2.16. The summed E-state index contributed by atoms with van der Waals surface area (Å²) in [6, 6.07) is 6.63. The highest BCUT2D eigenvalue weighted by molar-refractivity contribution is 7.89. The van der Waals surface area contributed by atoms with E-state index in [0.29, 0.717) is 26.2 Å². The first-order valence-corrected chi connectivity index (χ1v) is 9.41. The molecule has 1 saturated heterocycles. The van der Waals surface area contributed by atoms with Gasteiger partial charge in [0, 0.05) is 26.2 Å². The molecule has 23 heavy (non-hydrogen) atoms. The zero-order chi connectivity index (χ0) is 16.9. The van der Waals surface area contributed by atoms with Crippen LogP contribution < -0.4 is 5.32 Å². The maximum atomic E-state index is 12.4. The number of rotatable bonds is 7. The summed E-state index contributed by atoms with van der Waals surface area (Å²) in [5.41, 5.74) is 0.856. The Morgan fingerprint density at radius 2 is 1.91 bits per heavy atom. The molecule has 1 fully saturated rings. The quantitative estimate of drug-likeness (QED) is 0.816. The van der Waals surface area contributed by atoms with Crippen LogP contribution in [0.4, 0.5) is 0 Å². The maximum Gasteiger partial charge on any atom is 0.249 e. The number of nitrogens with one attached hydrogen (secondary N) is 1. The van der Waals surface area contributed by atoms with Gasteiger partial charge in [0.15, 0.2) is 0 Å². The summed E-state index contributed by atoms with van der Waals surface area (Å²) in [7, 11) is -3.44. The number of carbonyl (C=O) groups is 1. The molecule has 1 aromatic rings. The summed E-state index contributed by atoms with van der Waals surface area (Å²) in [4.78, 5) is 12.1. The van der Waals surface area contributed by atoms with Crippen molar-refractivity contribution in [2.75, 3.05) is 19.7 Å². The molecular weight excluding hydrogens is 316 g/mol. The third kappa shape index (κ3) is 4.31. The number of benzene rings is 1. The lowest BCUT2D eigenvalue weighted by atomic mass is 10.2. The van der Waals surface area contributed by atoms with Crippen LogP contribution in [0.5, 0.6) is 0 Å². The second-order valence-electron chi connectivity index (χ2n) is 5.45. The monoisotopic (exact) mass is 340 g/mol. The molecule has 1 heterocycles. The van der Waals surface area contributed by atoms with E-state index in [1.165, 1.54) is 4.31 Å². The van der Waals surface area contributed by atoms with E-state index in [4.69, 9.17) is 4.74 Å². The number of hydrogen-bond acceptors (Lipinski definition) is 4. The molecule has 0 aliphatic carbocycles. The second kappa shape index (κ2) is 7.90.